The van der Waals surface area contributed by atoms with Gasteiger partial charge in [0.1, 0.15) is 6.10 Å². The number of aliphatic imine (C=N–C) groups is 1. The Bertz CT molecular complexity index is 834. The Kier molecular flexibility index (Phi) is 7.66. The van der Waals surface area contributed by atoms with Gasteiger partial charge in [0, 0.05) is 57.7 Å². The number of esters is 1. The van der Waals surface area contributed by atoms with Crippen LogP contribution in [0, 0.1) is 0 Å². The predicted molar refractivity (Wildman–Crippen MR) is 126 cm³/mol. The third-order valence-electron chi connectivity index (χ3n) is 6.90. The standard InChI is InChI=1S/C25H36N4O3/c1-26-25(27-15-6-13-24(31)32-20-8-2-3-9-20)29-18-19(21-10-4-5-11-22(21)29)14-17-28-16-7-12-23(28)30/h4-5,10-11,19-20H,2-3,6-9,12-18H2,1H3,(H,26,27). The molecule has 3 aliphatic rings. The van der Waals surface area contributed by atoms with Gasteiger partial charge in [-0.3, -0.25) is 14.6 Å². The van der Waals surface area contributed by atoms with E-state index in [1.54, 1.807) is 7.05 Å². The zero-order valence-electron chi connectivity index (χ0n) is 19.2. The van der Waals surface area contributed by atoms with Gasteiger partial charge in [0.2, 0.25) is 5.91 Å². The van der Waals surface area contributed by atoms with Crippen molar-refractivity contribution in [2.24, 2.45) is 4.99 Å². The summed E-state index contributed by atoms with van der Waals surface area (Å²) >= 11 is 0. The van der Waals surface area contributed by atoms with Gasteiger partial charge in [-0.2, -0.15) is 0 Å². The molecule has 1 atom stereocenters. The van der Waals surface area contributed by atoms with Crippen LogP contribution in [0.2, 0.25) is 0 Å². The Morgan fingerprint density at radius 2 is 2.03 bits per heavy atom. The molecule has 1 saturated carbocycles. The number of hydrogen-bond acceptors (Lipinski definition) is 4. The molecular formula is C25H36N4O3. The van der Waals surface area contributed by atoms with E-state index < -0.39 is 0 Å². The minimum absolute atomic E-state index is 0.0864. The summed E-state index contributed by atoms with van der Waals surface area (Å²) in [6.07, 6.45) is 8.29. The summed E-state index contributed by atoms with van der Waals surface area (Å²) in [6, 6.07) is 8.48. The number of nitrogens with one attached hydrogen (secondary N) is 1. The molecule has 7 heteroatoms. The highest BCUT2D eigenvalue weighted by Gasteiger charge is 2.32. The van der Waals surface area contributed by atoms with Crippen LogP contribution < -0.4 is 10.2 Å². The molecule has 1 aromatic rings. The van der Waals surface area contributed by atoms with Crippen LogP contribution in [-0.4, -0.2) is 62.1 Å². The van der Waals surface area contributed by atoms with Crippen molar-refractivity contribution in [3.8, 4) is 0 Å². The largest absolute Gasteiger partial charge is 0.462 e. The molecule has 1 unspecified atom stereocenters. The zero-order valence-corrected chi connectivity index (χ0v) is 19.2. The van der Waals surface area contributed by atoms with Crippen molar-refractivity contribution in [3.63, 3.8) is 0 Å². The molecule has 174 valence electrons. The lowest BCUT2D eigenvalue weighted by molar-refractivity contribution is -0.148. The molecule has 1 saturated heterocycles. The summed E-state index contributed by atoms with van der Waals surface area (Å²) < 4.78 is 5.55. The van der Waals surface area contributed by atoms with Crippen molar-refractivity contribution < 1.29 is 14.3 Å². The van der Waals surface area contributed by atoms with Crippen LogP contribution in [0.25, 0.3) is 0 Å². The summed E-state index contributed by atoms with van der Waals surface area (Å²) in [5, 5.41) is 3.43. The first-order valence-corrected chi connectivity index (χ1v) is 12.2. The number of guanidine groups is 1. The molecule has 1 aliphatic carbocycles. The maximum absolute atomic E-state index is 12.1. The van der Waals surface area contributed by atoms with E-state index in [1.165, 1.54) is 24.1 Å². The van der Waals surface area contributed by atoms with Crippen LogP contribution in [0.3, 0.4) is 0 Å². The number of ether oxygens (including phenoxy) is 1. The Labute approximate surface area is 191 Å². The van der Waals surface area contributed by atoms with Gasteiger partial charge in [0.15, 0.2) is 5.96 Å². The van der Waals surface area contributed by atoms with E-state index in [0.29, 0.717) is 25.3 Å². The van der Waals surface area contributed by atoms with E-state index in [2.05, 4.69) is 39.5 Å². The molecule has 4 rings (SSSR count). The molecule has 0 bridgehead atoms. The molecule has 0 radical (unpaired) electrons. The van der Waals surface area contributed by atoms with Gasteiger partial charge in [-0.15, -0.1) is 0 Å². The molecule has 2 heterocycles. The fourth-order valence-electron chi connectivity index (χ4n) is 5.17. The zero-order chi connectivity index (χ0) is 22.3. The van der Waals surface area contributed by atoms with Gasteiger partial charge in [-0.25, -0.2) is 0 Å². The van der Waals surface area contributed by atoms with Crippen LogP contribution in [-0.2, 0) is 14.3 Å². The number of amides is 1. The Balaban J connectivity index is 1.28. The topological polar surface area (TPSA) is 74.2 Å². The first-order valence-electron chi connectivity index (χ1n) is 12.2. The van der Waals surface area contributed by atoms with E-state index in [9.17, 15) is 9.59 Å². The Morgan fingerprint density at radius 3 is 2.78 bits per heavy atom. The Hall–Kier alpha value is -2.57. The quantitative estimate of drug-likeness (QED) is 0.290. The lowest BCUT2D eigenvalue weighted by Crippen LogP contribution is -2.41. The van der Waals surface area contributed by atoms with Crippen LogP contribution in [0.15, 0.2) is 29.3 Å². The average Bonchev–Trinajstić information content (AvgIpc) is 3.53. The van der Waals surface area contributed by atoms with E-state index in [1.807, 2.05) is 4.90 Å². The number of hydrogen-bond donors (Lipinski definition) is 1. The summed E-state index contributed by atoms with van der Waals surface area (Å²) in [5.74, 6) is 1.41. The number of carbonyl (C=O) groups excluding carboxylic acids is 2. The van der Waals surface area contributed by atoms with Crippen LogP contribution in [0.1, 0.15) is 69.3 Å². The van der Waals surface area contributed by atoms with E-state index in [-0.39, 0.29) is 18.0 Å². The number of nitrogens with zero attached hydrogens (tertiary/aromatic N) is 3. The molecular weight excluding hydrogens is 404 g/mol. The average molecular weight is 441 g/mol. The molecule has 1 N–H and O–H groups in total. The van der Waals surface area contributed by atoms with Gasteiger partial charge < -0.3 is 19.9 Å². The third kappa shape index (κ3) is 5.43. The van der Waals surface area contributed by atoms with Crippen LogP contribution in [0.5, 0.6) is 0 Å². The highest BCUT2D eigenvalue weighted by atomic mass is 16.5. The first-order chi connectivity index (χ1) is 15.7. The number of likely N-dealkylation sites (tertiary alicyclic amines) is 1. The van der Waals surface area contributed by atoms with Crippen molar-refractivity contribution in [2.75, 3.05) is 38.1 Å². The minimum atomic E-state index is -0.0864. The molecule has 2 aliphatic heterocycles. The van der Waals surface area contributed by atoms with Gasteiger partial charge >= 0.3 is 5.97 Å². The van der Waals surface area contributed by atoms with Gasteiger partial charge in [0.05, 0.1) is 0 Å². The number of carbonyl (C=O) groups is 2. The van der Waals surface area contributed by atoms with E-state index in [0.717, 1.165) is 57.7 Å². The second kappa shape index (κ2) is 10.8. The fraction of sp³-hybridized carbons (Fsp3) is 0.640. The third-order valence-corrected chi connectivity index (χ3v) is 6.90. The summed E-state index contributed by atoms with van der Waals surface area (Å²) in [7, 11) is 1.80. The highest BCUT2D eigenvalue weighted by molar-refractivity contribution is 5.98. The lowest BCUT2D eigenvalue weighted by Gasteiger charge is -2.23. The summed E-state index contributed by atoms with van der Waals surface area (Å²) in [6.45, 7) is 3.24. The van der Waals surface area contributed by atoms with Crippen molar-refractivity contribution >= 4 is 23.5 Å². The molecule has 2 fully saturated rings. The second-order valence-electron chi connectivity index (χ2n) is 9.11. The maximum Gasteiger partial charge on any atom is 0.306 e. The van der Waals surface area contributed by atoms with Crippen molar-refractivity contribution in [1.82, 2.24) is 10.2 Å². The van der Waals surface area contributed by atoms with Crippen molar-refractivity contribution in [1.29, 1.82) is 0 Å². The molecule has 1 amide bonds. The normalized spacial score (nSPS) is 21.3. The van der Waals surface area contributed by atoms with Crippen molar-refractivity contribution in [2.45, 2.75) is 69.8 Å². The second-order valence-corrected chi connectivity index (χ2v) is 9.11. The fourth-order valence-corrected chi connectivity index (χ4v) is 5.17. The Morgan fingerprint density at radius 1 is 1.22 bits per heavy atom. The number of benzene rings is 1. The van der Waals surface area contributed by atoms with E-state index in [4.69, 9.17) is 4.74 Å². The highest BCUT2D eigenvalue weighted by Crippen LogP contribution is 2.38. The minimum Gasteiger partial charge on any atom is -0.462 e. The predicted octanol–water partition coefficient (Wildman–Crippen LogP) is 3.44. The molecule has 0 aromatic heterocycles. The molecule has 7 nitrogen and oxygen atoms in total. The van der Waals surface area contributed by atoms with E-state index >= 15 is 0 Å². The van der Waals surface area contributed by atoms with Gasteiger partial charge in [-0.1, -0.05) is 18.2 Å². The number of para-hydroxylation sites is 1. The molecule has 0 spiro atoms. The maximum atomic E-state index is 12.1. The summed E-state index contributed by atoms with van der Waals surface area (Å²) in [4.78, 5) is 32.8. The van der Waals surface area contributed by atoms with Gasteiger partial charge in [0.25, 0.3) is 0 Å². The number of fused-ring (bicyclic) bond motifs is 1. The van der Waals surface area contributed by atoms with Crippen LogP contribution >= 0.6 is 0 Å². The molecule has 32 heavy (non-hydrogen) atoms. The van der Waals surface area contributed by atoms with Gasteiger partial charge in [-0.05, 0) is 56.6 Å². The number of anilines is 1. The van der Waals surface area contributed by atoms with Crippen molar-refractivity contribution in [3.05, 3.63) is 29.8 Å². The first kappa shape index (κ1) is 22.6. The van der Waals surface area contributed by atoms with Crippen LogP contribution in [0.4, 0.5) is 5.69 Å². The monoisotopic (exact) mass is 440 g/mol. The SMILES string of the molecule is CN=C(NCCCC(=O)OC1CCCC1)N1CC(CCN2CCCC2=O)c2ccccc21. The number of rotatable bonds is 8. The summed E-state index contributed by atoms with van der Waals surface area (Å²) in [5.41, 5.74) is 2.50. The lowest BCUT2D eigenvalue weighted by atomic mass is 9.98. The smallest absolute Gasteiger partial charge is 0.306 e. The molecule has 1 aromatic carbocycles.